The Kier molecular flexibility index (Phi) is 11.3. The van der Waals surface area contributed by atoms with E-state index in [2.05, 4.69) is 32.7 Å². The van der Waals surface area contributed by atoms with Crippen LogP contribution < -0.4 is 15.8 Å². The highest BCUT2D eigenvalue weighted by molar-refractivity contribution is 7.17. The van der Waals surface area contributed by atoms with Crippen molar-refractivity contribution in [1.29, 1.82) is 0 Å². The molecule has 0 saturated heterocycles. The van der Waals surface area contributed by atoms with Gasteiger partial charge in [-0.25, -0.2) is 0 Å². The first-order chi connectivity index (χ1) is 15.2. The van der Waals surface area contributed by atoms with Crippen LogP contribution in [-0.2, 0) is 0 Å². The van der Waals surface area contributed by atoms with Crippen LogP contribution >= 0.6 is 11.3 Å². The number of hydrogen-bond acceptors (Lipinski definition) is 5. The van der Waals surface area contributed by atoms with Crippen molar-refractivity contribution in [3.63, 3.8) is 0 Å². The molecule has 0 radical (unpaired) electrons. The minimum Gasteiger partial charge on any atom is -0.497 e. The molecule has 1 aromatic heterocycles. The summed E-state index contributed by atoms with van der Waals surface area (Å²) in [6.07, 6.45) is 0. The van der Waals surface area contributed by atoms with Gasteiger partial charge in [-0.1, -0.05) is 47.3 Å². The number of carbonyl (C=O) groups excluding carboxylic acids is 1. The molecule has 2 aromatic carbocycles. The van der Waals surface area contributed by atoms with E-state index >= 15 is 0 Å². The third-order valence-corrected chi connectivity index (χ3v) is 5.25. The summed E-state index contributed by atoms with van der Waals surface area (Å²) < 4.78 is 5.18. The van der Waals surface area contributed by atoms with Crippen molar-refractivity contribution < 1.29 is 9.53 Å². The van der Waals surface area contributed by atoms with E-state index in [1.165, 1.54) is 11.3 Å². The standard InChI is InChI=1S/C21H20N2O2S.C4H10.C2H6/c1-13(15-4-7-17(25-3)8-5-15)23-19-12-16(6-9-18(19)22)21-11-10-20(26-21)14(2)24;1-4(2)3;1-2/h4-12,23H,1,22H2,2-3H3;4H,1-3H3;1-2H3. The van der Waals surface area contributed by atoms with Gasteiger partial charge in [0.25, 0.3) is 0 Å². The topological polar surface area (TPSA) is 64.4 Å². The van der Waals surface area contributed by atoms with E-state index in [0.29, 0.717) is 5.69 Å². The van der Waals surface area contributed by atoms with E-state index in [-0.39, 0.29) is 5.78 Å². The number of hydrogen-bond donors (Lipinski definition) is 2. The largest absolute Gasteiger partial charge is 0.497 e. The van der Waals surface area contributed by atoms with Crippen LogP contribution in [-0.4, -0.2) is 12.9 Å². The summed E-state index contributed by atoms with van der Waals surface area (Å²) in [5.41, 5.74) is 10.2. The maximum atomic E-state index is 11.5. The van der Waals surface area contributed by atoms with Crippen LogP contribution in [0.4, 0.5) is 11.4 Å². The quantitative estimate of drug-likeness (QED) is 0.294. The Morgan fingerprint density at radius 3 is 2.12 bits per heavy atom. The molecule has 172 valence electrons. The first-order valence-corrected chi connectivity index (χ1v) is 11.6. The molecule has 0 bridgehead atoms. The summed E-state index contributed by atoms with van der Waals surface area (Å²) in [7, 11) is 1.64. The number of benzene rings is 2. The van der Waals surface area contributed by atoms with Gasteiger partial charge in [0.15, 0.2) is 5.78 Å². The average Bonchev–Trinajstić information content (AvgIpc) is 3.27. The SMILES string of the molecule is C=C(Nc1cc(-c2ccc(C(C)=O)s2)ccc1N)c1ccc(OC)cc1.CC.CC(C)C. The normalized spacial score (nSPS) is 9.75. The molecule has 1 heterocycles. The minimum atomic E-state index is 0.0722. The van der Waals surface area contributed by atoms with Crippen molar-refractivity contribution >= 4 is 34.2 Å². The van der Waals surface area contributed by atoms with Crippen LogP contribution in [0, 0.1) is 5.92 Å². The van der Waals surface area contributed by atoms with Crippen LogP contribution in [0.5, 0.6) is 5.75 Å². The fourth-order valence-corrected chi connectivity index (χ4v) is 3.42. The Morgan fingerprint density at radius 2 is 1.62 bits per heavy atom. The van der Waals surface area contributed by atoms with Crippen LogP contribution in [0.25, 0.3) is 16.1 Å². The fraction of sp³-hybridized carbons (Fsp3) is 0.296. The molecule has 3 N–H and O–H groups in total. The number of nitrogens with one attached hydrogen (secondary N) is 1. The van der Waals surface area contributed by atoms with Crippen molar-refractivity contribution in [2.45, 2.75) is 41.5 Å². The molecule has 0 atom stereocenters. The van der Waals surface area contributed by atoms with Crippen molar-refractivity contribution in [1.82, 2.24) is 0 Å². The second kappa shape index (κ2) is 13.4. The van der Waals surface area contributed by atoms with E-state index in [1.807, 2.05) is 68.4 Å². The van der Waals surface area contributed by atoms with Crippen molar-refractivity contribution in [3.05, 3.63) is 71.6 Å². The smallest absolute Gasteiger partial charge is 0.169 e. The third-order valence-electron chi connectivity index (χ3n) is 4.01. The van der Waals surface area contributed by atoms with Crippen LogP contribution in [0.15, 0.2) is 61.2 Å². The molecular weight excluding hydrogens is 416 g/mol. The molecule has 0 aliphatic carbocycles. The van der Waals surface area contributed by atoms with Crippen LogP contribution in [0.2, 0.25) is 0 Å². The number of carbonyl (C=O) groups is 1. The monoisotopic (exact) mass is 452 g/mol. The van der Waals surface area contributed by atoms with Crippen LogP contribution in [0.1, 0.15) is 56.8 Å². The number of Topliss-reactive ketones (excluding diaryl/α,β-unsaturated/α-hetero) is 1. The summed E-state index contributed by atoms with van der Waals surface area (Å²) in [6, 6.07) is 17.2. The lowest BCUT2D eigenvalue weighted by atomic mass is 10.1. The van der Waals surface area contributed by atoms with Crippen molar-refractivity contribution in [3.8, 4) is 16.2 Å². The molecule has 0 aliphatic heterocycles. The van der Waals surface area contributed by atoms with Gasteiger partial charge < -0.3 is 15.8 Å². The zero-order chi connectivity index (χ0) is 24.3. The molecule has 0 amide bonds. The number of ketones is 1. The summed E-state index contributed by atoms with van der Waals surface area (Å²) in [4.78, 5) is 13.3. The first kappa shape index (κ1) is 27.0. The Balaban J connectivity index is 0.000000769. The van der Waals surface area contributed by atoms with Gasteiger partial charge >= 0.3 is 0 Å². The molecule has 32 heavy (non-hydrogen) atoms. The molecule has 0 unspecified atom stereocenters. The fourth-order valence-electron chi connectivity index (χ4n) is 2.53. The Bertz CT molecular complexity index is 1000. The summed E-state index contributed by atoms with van der Waals surface area (Å²) in [5.74, 6) is 1.70. The molecule has 0 fully saturated rings. The molecule has 3 aromatic rings. The van der Waals surface area contributed by atoms with E-state index in [1.54, 1.807) is 14.0 Å². The second-order valence-corrected chi connectivity index (χ2v) is 8.67. The van der Waals surface area contributed by atoms with Gasteiger partial charge in [-0.15, -0.1) is 11.3 Å². The van der Waals surface area contributed by atoms with Gasteiger partial charge in [-0.05, 0) is 72.5 Å². The van der Waals surface area contributed by atoms with Gasteiger partial charge in [0.1, 0.15) is 5.75 Å². The maximum absolute atomic E-state index is 11.5. The van der Waals surface area contributed by atoms with Crippen LogP contribution in [0.3, 0.4) is 0 Å². The van der Waals surface area contributed by atoms with Crippen molar-refractivity contribution in [2.24, 2.45) is 5.92 Å². The molecule has 5 heteroatoms. The van der Waals surface area contributed by atoms with Gasteiger partial charge in [0.2, 0.25) is 0 Å². The lowest BCUT2D eigenvalue weighted by Crippen LogP contribution is -2.01. The predicted octanol–water partition coefficient (Wildman–Crippen LogP) is 7.98. The van der Waals surface area contributed by atoms with E-state index in [0.717, 1.165) is 43.9 Å². The zero-order valence-corrected chi connectivity index (χ0v) is 21.1. The van der Waals surface area contributed by atoms with Gasteiger partial charge in [-0.3, -0.25) is 4.79 Å². The Morgan fingerprint density at radius 1 is 1.03 bits per heavy atom. The molecule has 0 saturated carbocycles. The number of ether oxygens (including phenoxy) is 1. The highest BCUT2D eigenvalue weighted by Gasteiger charge is 2.09. The molecule has 0 spiro atoms. The number of nitrogens with two attached hydrogens (primary N) is 1. The van der Waals surface area contributed by atoms with E-state index in [4.69, 9.17) is 10.5 Å². The highest BCUT2D eigenvalue weighted by atomic mass is 32.1. The lowest BCUT2D eigenvalue weighted by Gasteiger charge is -2.13. The molecular formula is C27H36N2O2S. The number of anilines is 2. The summed E-state index contributed by atoms with van der Waals surface area (Å²) >= 11 is 1.47. The maximum Gasteiger partial charge on any atom is 0.169 e. The molecule has 0 aliphatic rings. The second-order valence-electron chi connectivity index (χ2n) is 7.59. The summed E-state index contributed by atoms with van der Waals surface area (Å²) in [5, 5.41) is 3.28. The summed E-state index contributed by atoms with van der Waals surface area (Å²) in [6.45, 7) is 16.2. The first-order valence-electron chi connectivity index (χ1n) is 10.8. The Labute approximate surface area is 197 Å². The van der Waals surface area contributed by atoms with Crippen molar-refractivity contribution in [2.75, 3.05) is 18.2 Å². The highest BCUT2D eigenvalue weighted by Crippen LogP contribution is 2.33. The molecule has 3 rings (SSSR count). The van der Waals surface area contributed by atoms with E-state index < -0.39 is 0 Å². The van der Waals surface area contributed by atoms with Gasteiger partial charge in [0.05, 0.1) is 23.4 Å². The van der Waals surface area contributed by atoms with Gasteiger partial charge in [0, 0.05) is 10.6 Å². The van der Waals surface area contributed by atoms with Gasteiger partial charge in [-0.2, -0.15) is 0 Å². The lowest BCUT2D eigenvalue weighted by molar-refractivity contribution is 0.102. The number of methoxy groups -OCH3 is 1. The average molecular weight is 453 g/mol. The number of rotatable bonds is 6. The predicted molar refractivity (Wildman–Crippen MR) is 142 cm³/mol. The minimum absolute atomic E-state index is 0.0722. The zero-order valence-electron chi connectivity index (χ0n) is 20.3. The molecule has 4 nitrogen and oxygen atoms in total. The third kappa shape index (κ3) is 8.23. The number of nitrogen functional groups attached to an aromatic ring is 1. The van der Waals surface area contributed by atoms with E-state index in [9.17, 15) is 4.79 Å². The number of thiophene rings is 1. The Hall–Kier alpha value is -3.05.